The minimum Gasteiger partial charge on any atom is -0.397 e. The summed E-state index contributed by atoms with van der Waals surface area (Å²) in [6.45, 7) is 2.46. The summed E-state index contributed by atoms with van der Waals surface area (Å²) in [5, 5.41) is 3.15. The second-order valence-corrected chi connectivity index (χ2v) is 6.66. The number of hydrogen-bond acceptors (Lipinski definition) is 5. The van der Waals surface area contributed by atoms with Crippen LogP contribution in [-0.2, 0) is 16.4 Å². The molecule has 6 heteroatoms. The molecule has 106 valence electrons. The molecule has 0 fully saturated rings. The minimum atomic E-state index is -3.23. The van der Waals surface area contributed by atoms with Gasteiger partial charge in [-0.05, 0) is 37.3 Å². The highest BCUT2D eigenvalue weighted by Crippen LogP contribution is 2.23. The number of nitrogen functional groups attached to an aromatic ring is 1. The Morgan fingerprint density at radius 3 is 2.60 bits per heavy atom. The molecule has 0 aliphatic rings. The lowest BCUT2D eigenvalue weighted by molar-refractivity contribution is 0.602. The lowest BCUT2D eigenvalue weighted by atomic mass is 10.2. The van der Waals surface area contributed by atoms with Gasteiger partial charge in [0, 0.05) is 11.9 Å². The van der Waals surface area contributed by atoms with Crippen LogP contribution in [0.4, 0.5) is 11.4 Å². The largest absolute Gasteiger partial charge is 0.397 e. The van der Waals surface area contributed by atoms with E-state index in [2.05, 4.69) is 10.3 Å². The molecule has 0 saturated heterocycles. The number of nitrogens with zero attached hydrogens (tertiary/aromatic N) is 1. The van der Waals surface area contributed by atoms with Crippen molar-refractivity contribution in [1.82, 2.24) is 4.98 Å². The molecule has 0 aliphatic heterocycles. The van der Waals surface area contributed by atoms with Crippen LogP contribution in [0.2, 0.25) is 0 Å². The Bertz CT molecular complexity index is 727. The van der Waals surface area contributed by atoms with Crippen LogP contribution in [0.25, 0.3) is 0 Å². The topological polar surface area (TPSA) is 85.1 Å². The standard InChI is InChI=1S/C14H17N3O2S/c1-10-4-3-5-11(17-10)9-16-14-7-6-12(8-13(14)15)20(2,18)19/h3-8,16H,9,15H2,1-2H3. The molecule has 1 aromatic heterocycles. The molecule has 3 N–H and O–H groups in total. The Kier molecular flexibility index (Phi) is 3.94. The van der Waals surface area contributed by atoms with Gasteiger partial charge in [-0.25, -0.2) is 8.42 Å². The molecule has 20 heavy (non-hydrogen) atoms. The number of anilines is 2. The monoisotopic (exact) mass is 291 g/mol. The molecule has 0 unspecified atom stereocenters. The zero-order chi connectivity index (χ0) is 14.8. The van der Waals surface area contributed by atoms with Crippen LogP contribution in [0, 0.1) is 6.92 Å². The van der Waals surface area contributed by atoms with Crippen LogP contribution < -0.4 is 11.1 Å². The van der Waals surface area contributed by atoms with E-state index in [-0.39, 0.29) is 4.90 Å². The fourth-order valence-corrected chi connectivity index (χ4v) is 2.47. The molecule has 0 amide bonds. The molecule has 0 spiro atoms. The van der Waals surface area contributed by atoms with E-state index < -0.39 is 9.84 Å². The van der Waals surface area contributed by atoms with Gasteiger partial charge in [0.25, 0.3) is 0 Å². The van der Waals surface area contributed by atoms with E-state index in [1.54, 1.807) is 6.07 Å². The van der Waals surface area contributed by atoms with Crippen LogP contribution in [0.15, 0.2) is 41.3 Å². The molecule has 2 rings (SSSR count). The van der Waals surface area contributed by atoms with Gasteiger partial charge in [0.05, 0.1) is 28.5 Å². The average molecular weight is 291 g/mol. The highest BCUT2D eigenvalue weighted by atomic mass is 32.2. The highest BCUT2D eigenvalue weighted by molar-refractivity contribution is 7.90. The number of aromatic nitrogens is 1. The SMILES string of the molecule is Cc1cccc(CNc2ccc(S(C)(=O)=O)cc2N)n1. The Balaban J connectivity index is 2.15. The first-order valence-electron chi connectivity index (χ1n) is 6.12. The lowest BCUT2D eigenvalue weighted by Crippen LogP contribution is -2.06. The summed E-state index contributed by atoms with van der Waals surface area (Å²) in [6.07, 6.45) is 1.16. The second kappa shape index (κ2) is 5.50. The van der Waals surface area contributed by atoms with Crippen molar-refractivity contribution in [2.24, 2.45) is 0 Å². The maximum absolute atomic E-state index is 11.4. The van der Waals surface area contributed by atoms with Crippen molar-refractivity contribution in [2.75, 3.05) is 17.3 Å². The van der Waals surface area contributed by atoms with Crippen molar-refractivity contribution in [3.05, 3.63) is 47.8 Å². The number of hydrogen-bond donors (Lipinski definition) is 2. The maximum Gasteiger partial charge on any atom is 0.175 e. The van der Waals surface area contributed by atoms with Gasteiger partial charge in [0.2, 0.25) is 0 Å². The van der Waals surface area contributed by atoms with E-state index in [0.29, 0.717) is 17.9 Å². The third kappa shape index (κ3) is 3.48. The summed E-state index contributed by atoms with van der Waals surface area (Å²) in [4.78, 5) is 4.59. The number of pyridine rings is 1. The van der Waals surface area contributed by atoms with Gasteiger partial charge in [-0.2, -0.15) is 0 Å². The summed E-state index contributed by atoms with van der Waals surface area (Å²) >= 11 is 0. The van der Waals surface area contributed by atoms with E-state index >= 15 is 0 Å². The molecular weight excluding hydrogens is 274 g/mol. The quantitative estimate of drug-likeness (QED) is 0.841. The van der Waals surface area contributed by atoms with Crippen LogP contribution >= 0.6 is 0 Å². The predicted molar refractivity (Wildman–Crippen MR) is 80.3 cm³/mol. The lowest BCUT2D eigenvalue weighted by Gasteiger charge is -2.10. The first kappa shape index (κ1) is 14.3. The van der Waals surface area contributed by atoms with Crippen LogP contribution in [0.5, 0.6) is 0 Å². The van der Waals surface area contributed by atoms with Gasteiger partial charge in [0.1, 0.15) is 0 Å². The molecule has 2 aromatic rings. The fraction of sp³-hybridized carbons (Fsp3) is 0.214. The van der Waals surface area contributed by atoms with E-state index in [0.717, 1.165) is 17.6 Å². The molecule has 0 radical (unpaired) electrons. The Hall–Kier alpha value is -2.08. The van der Waals surface area contributed by atoms with Crippen LogP contribution in [0.1, 0.15) is 11.4 Å². The summed E-state index contributed by atoms with van der Waals surface area (Å²) < 4.78 is 22.9. The van der Waals surface area contributed by atoms with E-state index in [1.165, 1.54) is 12.1 Å². The molecule has 0 bridgehead atoms. The Morgan fingerprint density at radius 2 is 2.00 bits per heavy atom. The van der Waals surface area contributed by atoms with Crippen molar-refractivity contribution in [2.45, 2.75) is 18.4 Å². The molecule has 0 aliphatic carbocycles. The van der Waals surface area contributed by atoms with Crippen molar-refractivity contribution in [3.8, 4) is 0 Å². The zero-order valence-corrected chi connectivity index (χ0v) is 12.2. The molecule has 0 atom stereocenters. The average Bonchev–Trinajstić information content (AvgIpc) is 2.36. The minimum absolute atomic E-state index is 0.217. The van der Waals surface area contributed by atoms with E-state index in [9.17, 15) is 8.42 Å². The molecule has 0 saturated carbocycles. The van der Waals surface area contributed by atoms with Crippen molar-refractivity contribution in [3.63, 3.8) is 0 Å². The fourth-order valence-electron chi connectivity index (χ4n) is 1.82. The van der Waals surface area contributed by atoms with E-state index in [4.69, 9.17) is 5.73 Å². The zero-order valence-electron chi connectivity index (χ0n) is 11.4. The molecule has 5 nitrogen and oxygen atoms in total. The normalized spacial score (nSPS) is 11.3. The van der Waals surface area contributed by atoms with E-state index in [1.807, 2.05) is 25.1 Å². The van der Waals surface area contributed by atoms with Gasteiger partial charge in [0.15, 0.2) is 9.84 Å². The molecule has 1 heterocycles. The third-order valence-electron chi connectivity index (χ3n) is 2.86. The van der Waals surface area contributed by atoms with Gasteiger partial charge in [-0.3, -0.25) is 4.98 Å². The number of benzene rings is 1. The Morgan fingerprint density at radius 1 is 1.25 bits per heavy atom. The Labute approximate surface area is 118 Å². The van der Waals surface area contributed by atoms with Crippen molar-refractivity contribution >= 4 is 21.2 Å². The number of rotatable bonds is 4. The van der Waals surface area contributed by atoms with Gasteiger partial charge >= 0.3 is 0 Å². The van der Waals surface area contributed by atoms with Crippen molar-refractivity contribution < 1.29 is 8.42 Å². The number of aryl methyl sites for hydroxylation is 1. The summed E-state index contributed by atoms with van der Waals surface area (Å²) in [7, 11) is -3.23. The summed E-state index contributed by atoms with van der Waals surface area (Å²) in [5.74, 6) is 0. The third-order valence-corrected chi connectivity index (χ3v) is 3.97. The van der Waals surface area contributed by atoms with Gasteiger partial charge in [-0.1, -0.05) is 6.07 Å². The molecule has 1 aromatic carbocycles. The highest BCUT2D eigenvalue weighted by Gasteiger charge is 2.09. The summed E-state index contributed by atoms with van der Waals surface area (Å²) in [6, 6.07) is 10.5. The van der Waals surface area contributed by atoms with Crippen LogP contribution in [-0.4, -0.2) is 19.7 Å². The first-order valence-corrected chi connectivity index (χ1v) is 8.01. The number of sulfone groups is 1. The second-order valence-electron chi connectivity index (χ2n) is 4.65. The van der Waals surface area contributed by atoms with Crippen LogP contribution in [0.3, 0.4) is 0 Å². The maximum atomic E-state index is 11.4. The van der Waals surface area contributed by atoms with Gasteiger partial charge in [-0.15, -0.1) is 0 Å². The predicted octanol–water partition coefficient (Wildman–Crippen LogP) is 1.99. The smallest absolute Gasteiger partial charge is 0.175 e. The summed E-state index contributed by atoms with van der Waals surface area (Å²) in [5.41, 5.74) is 8.81. The number of nitrogens with two attached hydrogens (primary N) is 1. The first-order chi connectivity index (χ1) is 9.36. The number of nitrogens with one attached hydrogen (secondary N) is 1. The van der Waals surface area contributed by atoms with Crippen molar-refractivity contribution in [1.29, 1.82) is 0 Å². The molecular formula is C14H17N3O2S. The van der Waals surface area contributed by atoms with Gasteiger partial charge < -0.3 is 11.1 Å².